The number of nitrogens with one attached hydrogen (secondary N) is 1. The molecule has 1 N–H and O–H groups in total. The van der Waals surface area contributed by atoms with Crippen molar-refractivity contribution in [2.24, 2.45) is 0 Å². The summed E-state index contributed by atoms with van der Waals surface area (Å²) in [7, 11) is 0. The molecule has 0 radical (unpaired) electrons. The number of nitriles is 1. The van der Waals surface area contributed by atoms with Crippen molar-refractivity contribution in [3.05, 3.63) is 34.4 Å². The molecule has 2 amide bonds. The maximum absolute atomic E-state index is 12.1. The lowest BCUT2D eigenvalue weighted by Crippen LogP contribution is -2.37. The van der Waals surface area contributed by atoms with Crippen LogP contribution in [0.3, 0.4) is 0 Å². The molecule has 0 saturated heterocycles. The second kappa shape index (κ2) is 6.02. The fraction of sp³-hybridized carbons (Fsp3) is 0.385. The lowest BCUT2D eigenvalue weighted by molar-refractivity contribution is -0.384. The number of rotatable bonds is 5. The van der Waals surface area contributed by atoms with E-state index in [1.165, 1.54) is 24.3 Å². The van der Waals surface area contributed by atoms with Crippen LogP contribution >= 0.6 is 0 Å². The highest BCUT2D eigenvalue weighted by atomic mass is 16.6. The number of carbonyl (C=O) groups excluding carboxylic acids is 1. The number of nitro groups is 1. The average molecular weight is 274 g/mol. The van der Waals surface area contributed by atoms with E-state index in [1.807, 2.05) is 6.07 Å². The quantitative estimate of drug-likeness (QED) is 0.658. The Hall–Kier alpha value is -2.62. The maximum atomic E-state index is 12.1. The van der Waals surface area contributed by atoms with Crippen molar-refractivity contribution in [1.29, 1.82) is 5.26 Å². The van der Waals surface area contributed by atoms with Gasteiger partial charge in [0.15, 0.2) is 0 Å². The first-order valence-corrected chi connectivity index (χ1v) is 6.31. The minimum absolute atomic E-state index is 0.0217. The van der Waals surface area contributed by atoms with Gasteiger partial charge in [-0.3, -0.25) is 10.1 Å². The van der Waals surface area contributed by atoms with Crippen LogP contribution in [0.25, 0.3) is 0 Å². The molecular formula is C13H14N4O3. The summed E-state index contributed by atoms with van der Waals surface area (Å²) >= 11 is 0. The predicted molar refractivity (Wildman–Crippen MR) is 72.1 cm³/mol. The second-order valence-electron chi connectivity index (χ2n) is 4.57. The van der Waals surface area contributed by atoms with E-state index < -0.39 is 4.92 Å². The van der Waals surface area contributed by atoms with Gasteiger partial charge in [-0.15, -0.1) is 0 Å². The minimum atomic E-state index is -0.491. The first kappa shape index (κ1) is 13.8. The summed E-state index contributed by atoms with van der Waals surface area (Å²) in [4.78, 5) is 23.8. The van der Waals surface area contributed by atoms with Crippen LogP contribution in [-0.4, -0.2) is 28.4 Å². The lowest BCUT2D eigenvalue weighted by Gasteiger charge is -2.21. The normalized spacial score (nSPS) is 13.3. The molecule has 0 aromatic heterocycles. The van der Waals surface area contributed by atoms with Crippen LogP contribution in [0.5, 0.6) is 0 Å². The molecule has 20 heavy (non-hydrogen) atoms. The average Bonchev–Trinajstić information content (AvgIpc) is 3.24. The number of urea groups is 1. The Labute approximate surface area is 115 Å². The number of nitrogens with zero attached hydrogens (tertiary/aromatic N) is 3. The molecule has 1 saturated carbocycles. The zero-order chi connectivity index (χ0) is 14.5. The fourth-order valence-electron chi connectivity index (χ4n) is 1.87. The van der Waals surface area contributed by atoms with Gasteiger partial charge in [0.2, 0.25) is 0 Å². The molecule has 104 valence electrons. The van der Waals surface area contributed by atoms with Crippen LogP contribution in [0, 0.1) is 21.4 Å². The Morgan fingerprint density at radius 1 is 1.45 bits per heavy atom. The Balaban J connectivity index is 1.98. The van der Waals surface area contributed by atoms with Crippen LogP contribution in [0.1, 0.15) is 19.3 Å². The van der Waals surface area contributed by atoms with Gasteiger partial charge < -0.3 is 10.2 Å². The topological polar surface area (TPSA) is 99.3 Å². The number of non-ortho nitro benzene ring substituents is 1. The van der Waals surface area contributed by atoms with Gasteiger partial charge in [-0.25, -0.2) is 4.79 Å². The zero-order valence-corrected chi connectivity index (χ0v) is 10.8. The fourth-order valence-corrected chi connectivity index (χ4v) is 1.87. The maximum Gasteiger partial charge on any atom is 0.322 e. The van der Waals surface area contributed by atoms with E-state index in [9.17, 15) is 14.9 Å². The van der Waals surface area contributed by atoms with E-state index in [0.29, 0.717) is 18.7 Å². The van der Waals surface area contributed by atoms with E-state index in [2.05, 4.69) is 5.32 Å². The van der Waals surface area contributed by atoms with E-state index in [4.69, 9.17) is 5.26 Å². The smallest absolute Gasteiger partial charge is 0.321 e. The van der Waals surface area contributed by atoms with Gasteiger partial charge in [0, 0.05) is 30.4 Å². The third-order valence-electron chi connectivity index (χ3n) is 3.04. The second-order valence-corrected chi connectivity index (χ2v) is 4.57. The summed E-state index contributed by atoms with van der Waals surface area (Å²) in [6.07, 6.45) is 2.21. The van der Waals surface area contributed by atoms with Crippen molar-refractivity contribution < 1.29 is 9.72 Å². The number of hydrogen-bond acceptors (Lipinski definition) is 4. The van der Waals surface area contributed by atoms with E-state index in [1.54, 1.807) is 4.90 Å². The first-order valence-electron chi connectivity index (χ1n) is 6.31. The van der Waals surface area contributed by atoms with Crippen LogP contribution in [0.15, 0.2) is 24.3 Å². The first-order chi connectivity index (χ1) is 9.61. The summed E-state index contributed by atoms with van der Waals surface area (Å²) in [6, 6.07) is 7.63. The number of nitro benzene ring substituents is 1. The molecule has 0 atom stereocenters. The summed E-state index contributed by atoms with van der Waals surface area (Å²) in [5.41, 5.74) is 0.481. The van der Waals surface area contributed by atoms with Gasteiger partial charge in [0.05, 0.1) is 17.4 Å². The highest BCUT2D eigenvalue weighted by molar-refractivity contribution is 5.89. The van der Waals surface area contributed by atoms with E-state index >= 15 is 0 Å². The number of carbonyl (C=O) groups is 1. The van der Waals surface area contributed by atoms with Crippen LogP contribution in [-0.2, 0) is 0 Å². The third-order valence-corrected chi connectivity index (χ3v) is 3.04. The van der Waals surface area contributed by atoms with Gasteiger partial charge in [0.1, 0.15) is 0 Å². The summed E-state index contributed by atoms with van der Waals surface area (Å²) < 4.78 is 0. The molecule has 1 aliphatic carbocycles. The Morgan fingerprint density at radius 2 is 2.10 bits per heavy atom. The van der Waals surface area contributed by atoms with Gasteiger partial charge in [-0.2, -0.15) is 5.26 Å². The van der Waals surface area contributed by atoms with E-state index in [-0.39, 0.29) is 17.8 Å². The monoisotopic (exact) mass is 274 g/mol. The van der Waals surface area contributed by atoms with Crippen LogP contribution in [0.2, 0.25) is 0 Å². The Kier molecular flexibility index (Phi) is 4.15. The standard InChI is InChI=1S/C13H14N4O3/c14-8-1-9-16(11-6-7-11)13(18)15-10-2-4-12(5-3-10)17(19)20/h2-5,11H,1,6-7,9H2,(H,15,18). The summed E-state index contributed by atoms with van der Waals surface area (Å²) in [6.45, 7) is 0.403. The number of anilines is 1. The number of benzene rings is 1. The molecule has 7 nitrogen and oxygen atoms in total. The Morgan fingerprint density at radius 3 is 2.60 bits per heavy atom. The molecule has 2 rings (SSSR count). The molecule has 0 heterocycles. The van der Waals surface area contributed by atoms with Crippen molar-refractivity contribution in [2.45, 2.75) is 25.3 Å². The van der Waals surface area contributed by atoms with Crippen LogP contribution in [0.4, 0.5) is 16.2 Å². The predicted octanol–water partition coefficient (Wildman–Crippen LogP) is 2.50. The molecule has 1 aromatic rings. The van der Waals surface area contributed by atoms with E-state index in [0.717, 1.165) is 12.8 Å². The Bertz CT molecular complexity index is 546. The summed E-state index contributed by atoms with van der Waals surface area (Å²) in [5.74, 6) is 0. The highest BCUT2D eigenvalue weighted by Gasteiger charge is 2.32. The molecule has 1 aliphatic rings. The zero-order valence-electron chi connectivity index (χ0n) is 10.8. The lowest BCUT2D eigenvalue weighted by atomic mass is 10.3. The molecule has 1 fully saturated rings. The molecule has 0 bridgehead atoms. The number of amides is 2. The highest BCUT2D eigenvalue weighted by Crippen LogP contribution is 2.27. The molecule has 1 aromatic carbocycles. The summed E-state index contributed by atoms with van der Waals surface area (Å²) in [5, 5.41) is 21.8. The minimum Gasteiger partial charge on any atom is -0.321 e. The van der Waals surface area contributed by atoms with Crippen molar-refractivity contribution in [3.63, 3.8) is 0 Å². The largest absolute Gasteiger partial charge is 0.322 e. The van der Waals surface area contributed by atoms with Gasteiger partial charge >= 0.3 is 6.03 Å². The van der Waals surface area contributed by atoms with Gasteiger partial charge in [-0.05, 0) is 25.0 Å². The SMILES string of the molecule is N#CCCN(C(=O)Nc1ccc([N+](=O)[O-])cc1)C1CC1. The molecule has 0 spiro atoms. The molecular weight excluding hydrogens is 260 g/mol. The third kappa shape index (κ3) is 3.45. The van der Waals surface area contributed by atoms with Crippen LogP contribution < -0.4 is 5.32 Å². The van der Waals surface area contributed by atoms with Crippen molar-refractivity contribution in [3.8, 4) is 6.07 Å². The molecule has 0 unspecified atom stereocenters. The van der Waals surface area contributed by atoms with Crippen molar-refractivity contribution in [2.75, 3.05) is 11.9 Å². The molecule has 7 heteroatoms. The van der Waals surface area contributed by atoms with Crippen molar-refractivity contribution >= 4 is 17.4 Å². The van der Waals surface area contributed by atoms with Gasteiger partial charge in [-0.1, -0.05) is 0 Å². The van der Waals surface area contributed by atoms with Crippen molar-refractivity contribution in [1.82, 2.24) is 4.90 Å². The number of hydrogen-bond donors (Lipinski definition) is 1. The molecule has 0 aliphatic heterocycles. The van der Waals surface area contributed by atoms with Gasteiger partial charge in [0.25, 0.3) is 5.69 Å².